The number of aryl methyl sites for hydroxylation is 2. The number of nitrogens with zero attached hydrogens (tertiary/aromatic N) is 2. The van der Waals surface area contributed by atoms with Crippen LogP contribution in [0.1, 0.15) is 11.5 Å². The van der Waals surface area contributed by atoms with Crippen molar-refractivity contribution in [3.8, 4) is 16.9 Å². The number of nitrogens with one attached hydrogen (secondary N) is 1. The van der Waals surface area contributed by atoms with Crippen LogP contribution in [0.4, 0.5) is 4.39 Å². The topological polar surface area (TPSA) is 63.9 Å². The molecule has 0 aliphatic rings. The molecule has 0 unspecified atom stereocenters. The fourth-order valence-electron chi connectivity index (χ4n) is 3.11. The lowest BCUT2D eigenvalue weighted by atomic mass is 10.00. The van der Waals surface area contributed by atoms with Crippen molar-refractivity contribution in [3.63, 3.8) is 0 Å². The summed E-state index contributed by atoms with van der Waals surface area (Å²) in [5.74, 6) is 0.473. The molecule has 4 rings (SSSR count). The molecule has 122 valence electrons. The minimum Gasteiger partial charge on any atom is -0.496 e. The predicted octanol–water partition coefficient (Wildman–Crippen LogP) is 4.79. The molecule has 0 spiro atoms. The van der Waals surface area contributed by atoms with Gasteiger partial charge in [-0.25, -0.2) is 9.37 Å². The maximum atomic E-state index is 15.4. The third-order valence-electron chi connectivity index (χ3n) is 4.17. The summed E-state index contributed by atoms with van der Waals surface area (Å²) in [6.07, 6.45) is 1.57. The smallest absolute Gasteiger partial charge is 0.159 e. The molecule has 1 N–H and O–H groups in total. The van der Waals surface area contributed by atoms with E-state index in [-0.39, 0.29) is 0 Å². The molecule has 0 radical (unpaired) electrons. The maximum Gasteiger partial charge on any atom is 0.159 e. The molecule has 3 heterocycles. The summed E-state index contributed by atoms with van der Waals surface area (Å²) in [4.78, 5) is 7.15. The number of rotatable bonds is 2. The van der Waals surface area contributed by atoms with E-state index in [2.05, 4.69) is 15.1 Å². The number of fused-ring (bicyclic) bond motifs is 3. The Balaban J connectivity index is 2.18. The van der Waals surface area contributed by atoms with Gasteiger partial charge in [-0.1, -0.05) is 16.8 Å². The molecule has 0 aliphatic carbocycles. The van der Waals surface area contributed by atoms with Crippen LogP contribution in [0.25, 0.3) is 32.9 Å². The van der Waals surface area contributed by atoms with E-state index in [0.717, 1.165) is 0 Å². The number of halogens is 2. The fourth-order valence-corrected chi connectivity index (χ4v) is 3.37. The van der Waals surface area contributed by atoms with Crippen molar-refractivity contribution in [1.29, 1.82) is 0 Å². The van der Waals surface area contributed by atoms with E-state index in [4.69, 9.17) is 20.9 Å². The van der Waals surface area contributed by atoms with Gasteiger partial charge in [-0.2, -0.15) is 0 Å². The van der Waals surface area contributed by atoms with Gasteiger partial charge in [-0.3, -0.25) is 0 Å². The summed E-state index contributed by atoms with van der Waals surface area (Å²) in [7, 11) is 1.50. The first-order chi connectivity index (χ1) is 11.5. The van der Waals surface area contributed by atoms with E-state index in [0.29, 0.717) is 55.3 Å². The van der Waals surface area contributed by atoms with Gasteiger partial charge in [0.05, 0.1) is 35.0 Å². The molecular formula is C17H13ClFN3O2. The maximum absolute atomic E-state index is 15.4. The van der Waals surface area contributed by atoms with Crippen LogP contribution in [0.5, 0.6) is 5.75 Å². The zero-order valence-corrected chi connectivity index (χ0v) is 14.0. The highest BCUT2D eigenvalue weighted by Gasteiger charge is 2.24. The van der Waals surface area contributed by atoms with E-state index in [9.17, 15) is 0 Å². The Labute approximate surface area is 141 Å². The highest BCUT2D eigenvalue weighted by Crippen LogP contribution is 2.42. The largest absolute Gasteiger partial charge is 0.496 e. The number of aromatic amines is 1. The van der Waals surface area contributed by atoms with Crippen LogP contribution < -0.4 is 4.74 Å². The van der Waals surface area contributed by atoms with Gasteiger partial charge in [-0.05, 0) is 26.0 Å². The Morgan fingerprint density at radius 3 is 2.75 bits per heavy atom. The molecule has 0 amide bonds. The van der Waals surface area contributed by atoms with Crippen molar-refractivity contribution < 1.29 is 13.7 Å². The predicted molar refractivity (Wildman–Crippen MR) is 90.1 cm³/mol. The van der Waals surface area contributed by atoms with Crippen molar-refractivity contribution >= 4 is 33.4 Å². The summed E-state index contributed by atoms with van der Waals surface area (Å²) in [5.41, 5.74) is 2.56. The molecule has 0 saturated heterocycles. The molecule has 0 saturated carbocycles. The molecule has 7 heteroatoms. The van der Waals surface area contributed by atoms with Crippen LogP contribution in [0.2, 0.25) is 5.15 Å². The zero-order valence-electron chi connectivity index (χ0n) is 13.2. The van der Waals surface area contributed by atoms with Gasteiger partial charge in [0, 0.05) is 17.0 Å². The van der Waals surface area contributed by atoms with Crippen LogP contribution in [0.15, 0.2) is 22.9 Å². The van der Waals surface area contributed by atoms with Crippen molar-refractivity contribution in [3.05, 3.63) is 40.8 Å². The Kier molecular flexibility index (Phi) is 3.25. The normalized spacial score (nSPS) is 11.5. The molecule has 4 aromatic rings. The number of ether oxygens (including phenoxy) is 1. The van der Waals surface area contributed by atoms with Crippen molar-refractivity contribution in [1.82, 2.24) is 15.1 Å². The number of hydrogen-bond acceptors (Lipinski definition) is 4. The number of H-pyrrole nitrogens is 1. The van der Waals surface area contributed by atoms with Crippen molar-refractivity contribution in [2.24, 2.45) is 0 Å². The molecule has 0 atom stereocenters. The van der Waals surface area contributed by atoms with Gasteiger partial charge in [0.1, 0.15) is 16.7 Å². The molecule has 24 heavy (non-hydrogen) atoms. The van der Waals surface area contributed by atoms with Gasteiger partial charge < -0.3 is 14.2 Å². The highest BCUT2D eigenvalue weighted by atomic mass is 35.5. The van der Waals surface area contributed by atoms with Crippen LogP contribution in [0.3, 0.4) is 0 Å². The summed E-state index contributed by atoms with van der Waals surface area (Å²) in [5, 5.41) is 5.50. The monoisotopic (exact) mass is 345 g/mol. The minimum atomic E-state index is -0.439. The zero-order chi connectivity index (χ0) is 17.0. The standard InChI is InChI=1S/C17H13ClFN3O2/c1-7-12(8(2)24-22-7)14-11(23-3)6-9-13-10(4-5-20-17(13)18)21-16(9)15(14)19/h4-6,21H,1-3H3. The van der Waals surface area contributed by atoms with Gasteiger partial charge in [-0.15, -0.1) is 0 Å². The molecule has 0 aliphatic heterocycles. The second-order valence-electron chi connectivity index (χ2n) is 5.54. The van der Waals surface area contributed by atoms with E-state index >= 15 is 4.39 Å². The summed E-state index contributed by atoms with van der Waals surface area (Å²) >= 11 is 6.20. The highest BCUT2D eigenvalue weighted by molar-refractivity contribution is 6.36. The summed E-state index contributed by atoms with van der Waals surface area (Å²) in [6.45, 7) is 3.51. The Hall–Kier alpha value is -2.60. The summed E-state index contributed by atoms with van der Waals surface area (Å²) in [6, 6.07) is 3.51. The van der Waals surface area contributed by atoms with E-state index in [1.54, 1.807) is 32.2 Å². The first-order valence-electron chi connectivity index (χ1n) is 7.28. The second-order valence-corrected chi connectivity index (χ2v) is 5.90. The van der Waals surface area contributed by atoms with E-state index < -0.39 is 5.82 Å². The third-order valence-corrected chi connectivity index (χ3v) is 4.45. The lowest BCUT2D eigenvalue weighted by Gasteiger charge is -2.10. The van der Waals surface area contributed by atoms with Gasteiger partial charge in [0.15, 0.2) is 5.82 Å². The first-order valence-corrected chi connectivity index (χ1v) is 7.66. The summed E-state index contributed by atoms with van der Waals surface area (Å²) < 4.78 is 26.0. The Morgan fingerprint density at radius 1 is 1.29 bits per heavy atom. The van der Waals surface area contributed by atoms with Crippen LogP contribution >= 0.6 is 11.6 Å². The number of methoxy groups -OCH3 is 1. The lowest BCUT2D eigenvalue weighted by molar-refractivity contribution is 0.393. The van der Waals surface area contributed by atoms with Gasteiger partial charge >= 0.3 is 0 Å². The minimum absolute atomic E-state index is 0.310. The second kappa shape index (κ2) is 5.21. The van der Waals surface area contributed by atoms with Crippen LogP contribution in [0, 0.1) is 19.7 Å². The van der Waals surface area contributed by atoms with E-state index in [1.165, 1.54) is 7.11 Å². The number of aromatic nitrogens is 3. The molecule has 5 nitrogen and oxygen atoms in total. The number of hydrogen-bond donors (Lipinski definition) is 1. The fraction of sp³-hybridized carbons (Fsp3) is 0.176. The Morgan fingerprint density at radius 2 is 2.08 bits per heavy atom. The quantitative estimate of drug-likeness (QED) is 0.530. The molecule has 0 fully saturated rings. The van der Waals surface area contributed by atoms with Crippen LogP contribution in [-0.4, -0.2) is 22.2 Å². The average molecular weight is 346 g/mol. The molecule has 1 aromatic carbocycles. The molecule has 0 bridgehead atoms. The third kappa shape index (κ3) is 1.93. The first kappa shape index (κ1) is 15.0. The van der Waals surface area contributed by atoms with Gasteiger partial charge in [0.25, 0.3) is 0 Å². The molecular weight excluding hydrogens is 333 g/mol. The van der Waals surface area contributed by atoms with Crippen LogP contribution in [-0.2, 0) is 0 Å². The molecule has 3 aromatic heterocycles. The number of benzene rings is 1. The van der Waals surface area contributed by atoms with Gasteiger partial charge in [0.2, 0.25) is 0 Å². The number of pyridine rings is 1. The Bertz CT molecular complexity index is 1080. The average Bonchev–Trinajstić information content (AvgIpc) is 3.09. The van der Waals surface area contributed by atoms with E-state index in [1.807, 2.05) is 0 Å². The van der Waals surface area contributed by atoms with Crippen molar-refractivity contribution in [2.45, 2.75) is 13.8 Å². The SMILES string of the molecule is COc1cc2c([nH]c3ccnc(Cl)c32)c(F)c1-c1c(C)noc1C. The lowest BCUT2D eigenvalue weighted by Crippen LogP contribution is -1.95. The van der Waals surface area contributed by atoms with Crippen molar-refractivity contribution in [2.75, 3.05) is 7.11 Å².